The highest BCUT2D eigenvalue weighted by Crippen LogP contribution is 2.41. The summed E-state index contributed by atoms with van der Waals surface area (Å²) < 4.78 is 17.9. The first-order valence-electron chi connectivity index (χ1n) is 10.5. The summed E-state index contributed by atoms with van der Waals surface area (Å²) in [7, 11) is 3.18. The lowest BCUT2D eigenvalue weighted by atomic mass is 10.1. The molecule has 0 aliphatic heterocycles. The van der Waals surface area contributed by atoms with E-state index in [1.54, 1.807) is 75.7 Å². The standard InChI is InChI=1S/C25H24ClN3O4S/c1-25(2,33-18-9-7-17(26)8-10-18)23(30)29(15-16-6-5-13-27-14-16)24-28-21-19(31-3)11-12-20(32-4)22(21)34-24/h5-14H,15H2,1-4H3. The predicted octanol–water partition coefficient (Wildman–Crippen LogP) is 5.75. The molecule has 0 bridgehead atoms. The summed E-state index contributed by atoms with van der Waals surface area (Å²) in [6.45, 7) is 3.73. The Kier molecular flexibility index (Phi) is 6.90. The number of carbonyl (C=O) groups is 1. The quantitative estimate of drug-likeness (QED) is 0.308. The summed E-state index contributed by atoms with van der Waals surface area (Å²) >= 11 is 7.34. The van der Waals surface area contributed by atoms with Gasteiger partial charge in [-0.1, -0.05) is 29.0 Å². The van der Waals surface area contributed by atoms with Gasteiger partial charge >= 0.3 is 0 Å². The van der Waals surface area contributed by atoms with Crippen molar-refractivity contribution in [3.8, 4) is 17.2 Å². The Labute approximate surface area is 206 Å². The molecule has 0 aliphatic rings. The fourth-order valence-electron chi connectivity index (χ4n) is 3.46. The second-order valence-electron chi connectivity index (χ2n) is 7.96. The highest BCUT2D eigenvalue weighted by atomic mass is 35.5. The Morgan fingerprint density at radius 3 is 2.41 bits per heavy atom. The van der Waals surface area contributed by atoms with Crippen molar-refractivity contribution in [1.82, 2.24) is 9.97 Å². The zero-order chi connectivity index (χ0) is 24.3. The molecule has 0 aliphatic carbocycles. The maximum atomic E-state index is 13.9. The predicted molar refractivity (Wildman–Crippen MR) is 134 cm³/mol. The zero-order valence-electron chi connectivity index (χ0n) is 19.2. The molecule has 0 atom stereocenters. The van der Waals surface area contributed by atoms with Crippen LogP contribution in [0.15, 0.2) is 60.9 Å². The minimum Gasteiger partial charge on any atom is -0.495 e. The van der Waals surface area contributed by atoms with Gasteiger partial charge in [-0.15, -0.1) is 0 Å². The first kappa shape index (κ1) is 23.8. The Bertz CT molecular complexity index is 1250. The summed E-state index contributed by atoms with van der Waals surface area (Å²) in [5.41, 5.74) is 0.292. The number of pyridine rings is 1. The van der Waals surface area contributed by atoms with Crippen LogP contribution < -0.4 is 19.1 Å². The number of rotatable bonds is 8. The van der Waals surface area contributed by atoms with E-state index in [4.69, 9.17) is 30.8 Å². The van der Waals surface area contributed by atoms with Crippen molar-refractivity contribution >= 4 is 44.2 Å². The third-order valence-electron chi connectivity index (χ3n) is 5.14. The minimum absolute atomic E-state index is 0.261. The lowest BCUT2D eigenvalue weighted by Crippen LogP contribution is -2.48. The first-order valence-corrected chi connectivity index (χ1v) is 11.7. The van der Waals surface area contributed by atoms with Gasteiger partial charge in [0.05, 0.1) is 20.8 Å². The van der Waals surface area contributed by atoms with Crippen molar-refractivity contribution in [3.05, 3.63) is 71.5 Å². The molecule has 34 heavy (non-hydrogen) atoms. The lowest BCUT2D eigenvalue weighted by molar-refractivity contribution is -0.131. The maximum absolute atomic E-state index is 13.9. The number of hydrogen-bond donors (Lipinski definition) is 0. The van der Waals surface area contributed by atoms with E-state index in [2.05, 4.69) is 4.98 Å². The number of halogens is 1. The second-order valence-corrected chi connectivity index (χ2v) is 9.38. The molecule has 4 rings (SSSR count). The van der Waals surface area contributed by atoms with Crippen LogP contribution in [-0.2, 0) is 11.3 Å². The summed E-state index contributed by atoms with van der Waals surface area (Å²) in [6, 6.07) is 14.3. The van der Waals surface area contributed by atoms with Crippen molar-refractivity contribution in [3.63, 3.8) is 0 Å². The molecule has 0 saturated carbocycles. The molecule has 7 nitrogen and oxygen atoms in total. The summed E-state index contributed by atoms with van der Waals surface area (Å²) in [6.07, 6.45) is 3.42. The lowest BCUT2D eigenvalue weighted by Gasteiger charge is -2.31. The van der Waals surface area contributed by atoms with Crippen molar-refractivity contribution in [2.45, 2.75) is 26.0 Å². The Morgan fingerprint density at radius 2 is 1.76 bits per heavy atom. The van der Waals surface area contributed by atoms with Crippen molar-refractivity contribution in [2.24, 2.45) is 0 Å². The Morgan fingerprint density at radius 1 is 1.06 bits per heavy atom. The highest BCUT2D eigenvalue weighted by molar-refractivity contribution is 7.22. The largest absolute Gasteiger partial charge is 0.495 e. The number of methoxy groups -OCH3 is 2. The minimum atomic E-state index is -1.19. The molecule has 9 heteroatoms. The summed E-state index contributed by atoms with van der Waals surface area (Å²) in [5, 5.41) is 1.09. The normalized spacial score (nSPS) is 11.3. The number of nitrogens with zero attached hydrogens (tertiary/aromatic N) is 3. The average molecular weight is 498 g/mol. The smallest absolute Gasteiger partial charge is 0.272 e. The van der Waals surface area contributed by atoms with Gasteiger partial charge in [0.15, 0.2) is 10.7 Å². The van der Waals surface area contributed by atoms with Crippen molar-refractivity contribution in [1.29, 1.82) is 0 Å². The number of thiazole rings is 1. The number of fused-ring (bicyclic) bond motifs is 1. The molecule has 0 unspecified atom stereocenters. The molecule has 0 N–H and O–H groups in total. The van der Waals surface area contributed by atoms with Crippen LogP contribution in [-0.4, -0.2) is 35.7 Å². The fourth-order valence-corrected chi connectivity index (χ4v) is 4.65. The average Bonchev–Trinajstić information content (AvgIpc) is 3.29. The number of ether oxygens (including phenoxy) is 3. The van der Waals surface area contributed by atoms with Gasteiger partial charge in [0.25, 0.3) is 5.91 Å². The fraction of sp³-hybridized carbons (Fsp3) is 0.240. The van der Waals surface area contributed by atoms with E-state index in [1.807, 2.05) is 18.2 Å². The molecule has 0 radical (unpaired) electrons. The van der Waals surface area contributed by atoms with Gasteiger partial charge in [-0.25, -0.2) is 4.98 Å². The van der Waals surface area contributed by atoms with Gasteiger partial charge in [0, 0.05) is 17.4 Å². The number of aromatic nitrogens is 2. The first-order chi connectivity index (χ1) is 16.3. The third kappa shape index (κ3) is 4.93. The molecular formula is C25H24ClN3O4S. The number of hydrogen-bond acceptors (Lipinski definition) is 7. The van der Waals surface area contributed by atoms with Crippen LogP contribution in [0.3, 0.4) is 0 Å². The number of benzene rings is 2. The van der Waals surface area contributed by atoms with E-state index in [1.165, 1.54) is 11.3 Å². The van der Waals surface area contributed by atoms with Gasteiger partial charge in [0.2, 0.25) is 0 Å². The molecule has 0 fully saturated rings. The third-order valence-corrected chi connectivity index (χ3v) is 6.49. The van der Waals surface area contributed by atoms with Gasteiger partial charge in [-0.05, 0) is 61.9 Å². The van der Waals surface area contributed by atoms with E-state index in [0.29, 0.717) is 32.9 Å². The molecule has 2 aromatic carbocycles. The monoisotopic (exact) mass is 497 g/mol. The Balaban J connectivity index is 1.76. The summed E-state index contributed by atoms with van der Waals surface area (Å²) in [5.74, 6) is 1.54. The SMILES string of the molecule is COc1ccc(OC)c2sc(N(Cc3cccnc3)C(=O)C(C)(C)Oc3ccc(Cl)cc3)nc12. The molecule has 2 heterocycles. The zero-order valence-corrected chi connectivity index (χ0v) is 20.8. The molecular weight excluding hydrogens is 474 g/mol. The molecule has 4 aromatic rings. The van der Waals surface area contributed by atoms with Crippen molar-refractivity contribution in [2.75, 3.05) is 19.1 Å². The van der Waals surface area contributed by atoms with Crippen LogP contribution in [0.1, 0.15) is 19.4 Å². The topological polar surface area (TPSA) is 73.8 Å². The van der Waals surface area contributed by atoms with Crippen LogP contribution >= 0.6 is 22.9 Å². The molecule has 0 saturated heterocycles. The number of carbonyl (C=O) groups excluding carboxylic acids is 1. The van der Waals surface area contributed by atoms with Gasteiger partial charge < -0.3 is 14.2 Å². The van der Waals surface area contributed by atoms with Crippen LogP contribution in [0, 0.1) is 0 Å². The molecule has 0 spiro atoms. The Hall–Kier alpha value is -3.36. The summed E-state index contributed by atoms with van der Waals surface area (Å²) in [4.78, 5) is 24.4. The molecule has 1 amide bonds. The number of anilines is 1. The van der Waals surface area contributed by atoms with Crippen LogP contribution in [0.25, 0.3) is 10.2 Å². The maximum Gasteiger partial charge on any atom is 0.272 e. The van der Waals surface area contributed by atoms with E-state index in [9.17, 15) is 4.79 Å². The van der Waals surface area contributed by atoms with E-state index in [0.717, 1.165) is 10.3 Å². The van der Waals surface area contributed by atoms with Crippen molar-refractivity contribution < 1.29 is 19.0 Å². The van der Waals surface area contributed by atoms with Crippen LogP contribution in [0.2, 0.25) is 5.02 Å². The van der Waals surface area contributed by atoms with Gasteiger partial charge in [0.1, 0.15) is 27.5 Å². The highest BCUT2D eigenvalue weighted by Gasteiger charge is 2.37. The van der Waals surface area contributed by atoms with Crippen LogP contribution in [0.4, 0.5) is 5.13 Å². The van der Waals surface area contributed by atoms with Crippen LogP contribution in [0.5, 0.6) is 17.2 Å². The second kappa shape index (κ2) is 9.87. The number of amides is 1. The van der Waals surface area contributed by atoms with Gasteiger partial charge in [-0.2, -0.15) is 0 Å². The van der Waals surface area contributed by atoms with E-state index >= 15 is 0 Å². The van der Waals surface area contributed by atoms with E-state index < -0.39 is 5.60 Å². The molecule has 2 aromatic heterocycles. The van der Waals surface area contributed by atoms with Gasteiger partial charge in [-0.3, -0.25) is 14.7 Å². The molecule has 176 valence electrons. The van der Waals surface area contributed by atoms with E-state index in [-0.39, 0.29) is 12.5 Å².